The van der Waals surface area contributed by atoms with Crippen LogP contribution in [0.25, 0.3) is 5.70 Å². The number of fused-ring (bicyclic) bond motifs is 1. The van der Waals surface area contributed by atoms with Crippen molar-refractivity contribution in [1.82, 2.24) is 5.32 Å². The first-order valence-electron chi connectivity index (χ1n) is 8.21. The van der Waals surface area contributed by atoms with E-state index < -0.39 is 6.17 Å². The maximum atomic E-state index is 13.2. The predicted octanol–water partition coefficient (Wildman–Crippen LogP) is 4.05. The van der Waals surface area contributed by atoms with Crippen molar-refractivity contribution >= 4 is 11.5 Å². The first kappa shape index (κ1) is 15.3. The van der Waals surface area contributed by atoms with Crippen molar-refractivity contribution in [3.05, 3.63) is 41.5 Å². The molecule has 0 saturated heterocycles. The number of benzene rings is 1. The van der Waals surface area contributed by atoms with Crippen LogP contribution in [0.1, 0.15) is 50.7 Å². The molecule has 22 heavy (non-hydrogen) atoms. The number of hydrogen-bond acceptors (Lipinski definition) is 2. The molecule has 0 spiro atoms. The highest BCUT2D eigenvalue weighted by molar-refractivity contribution is 5.98. The molecule has 1 saturated carbocycles. The molecule has 118 valence electrons. The topological polar surface area (TPSA) is 29.1 Å². The molecule has 2 nitrogen and oxygen atoms in total. The van der Waals surface area contributed by atoms with E-state index in [0.717, 1.165) is 17.7 Å². The van der Waals surface area contributed by atoms with E-state index in [4.69, 9.17) is 0 Å². The molecule has 0 atom stereocenters. The van der Waals surface area contributed by atoms with Crippen LogP contribution in [-0.2, 0) is 11.2 Å². The van der Waals surface area contributed by atoms with Crippen LogP contribution in [0.3, 0.4) is 0 Å². The van der Waals surface area contributed by atoms with Crippen LogP contribution >= 0.6 is 0 Å². The van der Waals surface area contributed by atoms with Gasteiger partial charge in [-0.15, -0.1) is 0 Å². The first-order valence-corrected chi connectivity index (χ1v) is 8.21. The second kappa shape index (κ2) is 5.86. The number of carbonyl (C=O) groups excluding carboxylic acids is 1. The standard InChI is InChI=1S/C19H24FNO/c1-19(2)12-14-5-3-4-6-16(14)17(21-19)11-18(22)13-7-9-15(20)10-8-13/h3-6,11,13,15,21H,7-10,12H2,1-2H3/b17-11+. The van der Waals surface area contributed by atoms with Gasteiger partial charge >= 0.3 is 0 Å². The summed E-state index contributed by atoms with van der Waals surface area (Å²) in [5.41, 5.74) is 3.25. The van der Waals surface area contributed by atoms with Gasteiger partial charge in [-0.2, -0.15) is 0 Å². The minimum absolute atomic E-state index is 0.0153. The van der Waals surface area contributed by atoms with E-state index in [-0.39, 0.29) is 17.2 Å². The molecule has 1 N–H and O–H groups in total. The average Bonchev–Trinajstić information content (AvgIpc) is 2.46. The van der Waals surface area contributed by atoms with Crippen molar-refractivity contribution in [1.29, 1.82) is 0 Å². The van der Waals surface area contributed by atoms with E-state index in [9.17, 15) is 9.18 Å². The number of allylic oxidation sites excluding steroid dienone is 1. The molecule has 0 bridgehead atoms. The molecule has 1 heterocycles. The van der Waals surface area contributed by atoms with Gasteiger partial charge in [0.1, 0.15) is 6.17 Å². The molecule has 1 fully saturated rings. The summed E-state index contributed by atoms with van der Waals surface area (Å²) in [6.45, 7) is 4.30. The fourth-order valence-electron chi connectivity index (χ4n) is 3.60. The molecule has 2 aliphatic rings. The normalized spacial score (nSPS) is 28.8. The van der Waals surface area contributed by atoms with Crippen molar-refractivity contribution in [2.24, 2.45) is 5.92 Å². The Morgan fingerprint density at radius 2 is 1.91 bits per heavy atom. The number of ketones is 1. The Balaban J connectivity index is 1.85. The molecule has 3 heteroatoms. The monoisotopic (exact) mass is 301 g/mol. The van der Waals surface area contributed by atoms with Crippen molar-refractivity contribution in [3.8, 4) is 0 Å². The molecule has 0 amide bonds. The minimum atomic E-state index is -0.718. The third-order valence-corrected chi connectivity index (χ3v) is 4.76. The summed E-state index contributed by atoms with van der Waals surface area (Å²) < 4.78 is 13.2. The second-order valence-corrected chi connectivity index (χ2v) is 7.25. The van der Waals surface area contributed by atoms with Crippen molar-refractivity contribution < 1.29 is 9.18 Å². The number of halogens is 1. The summed E-state index contributed by atoms with van der Waals surface area (Å²) in [5, 5.41) is 3.49. The molecular formula is C19H24FNO. The fraction of sp³-hybridized carbons (Fsp3) is 0.526. The Bertz CT molecular complexity index is 597. The van der Waals surface area contributed by atoms with E-state index in [1.54, 1.807) is 6.08 Å². The van der Waals surface area contributed by atoms with Gasteiger partial charge in [-0.05, 0) is 51.5 Å². The molecule has 0 unspecified atom stereocenters. The largest absolute Gasteiger partial charge is 0.379 e. The SMILES string of the molecule is CC1(C)Cc2ccccc2/C(=C\C(=O)C2CCC(F)CC2)N1. The zero-order valence-electron chi connectivity index (χ0n) is 13.4. The van der Waals surface area contributed by atoms with Gasteiger partial charge in [0, 0.05) is 28.8 Å². The molecule has 1 aromatic rings. The molecule has 0 aromatic heterocycles. The lowest BCUT2D eigenvalue weighted by Crippen LogP contribution is -2.44. The number of rotatable bonds is 2. The highest BCUT2D eigenvalue weighted by atomic mass is 19.1. The lowest BCUT2D eigenvalue weighted by atomic mass is 9.82. The third kappa shape index (κ3) is 3.23. The van der Waals surface area contributed by atoms with E-state index >= 15 is 0 Å². The number of alkyl halides is 1. The van der Waals surface area contributed by atoms with Crippen molar-refractivity contribution in [3.63, 3.8) is 0 Å². The minimum Gasteiger partial charge on any atom is -0.379 e. The van der Waals surface area contributed by atoms with E-state index in [2.05, 4.69) is 31.3 Å². The lowest BCUT2D eigenvalue weighted by Gasteiger charge is -2.35. The van der Waals surface area contributed by atoms with Crippen molar-refractivity contribution in [2.75, 3.05) is 0 Å². The molecule has 3 rings (SSSR count). The van der Waals surface area contributed by atoms with Crippen LogP contribution in [0.15, 0.2) is 30.3 Å². The van der Waals surface area contributed by atoms with Crippen LogP contribution < -0.4 is 5.32 Å². The van der Waals surface area contributed by atoms with Crippen LogP contribution in [0.2, 0.25) is 0 Å². The van der Waals surface area contributed by atoms with Crippen molar-refractivity contribution in [2.45, 2.75) is 57.7 Å². The highest BCUT2D eigenvalue weighted by Crippen LogP contribution is 2.31. The summed E-state index contributed by atoms with van der Waals surface area (Å²) in [4.78, 5) is 12.6. The number of nitrogens with one attached hydrogen (secondary N) is 1. The van der Waals surface area contributed by atoms with Crippen LogP contribution in [0.5, 0.6) is 0 Å². The van der Waals surface area contributed by atoms with E-state index in [1.165, 1.54) is 5.56 Å². The zero-order chi connectivity index (χ0) is 15.7. The second-order valence-electron chi connectivity index (χ2n) is 7.25. The molecule has 0 radical (unpaired) electrons. The summed E-state index contributed by atoms with van der Waals surface area (Å²) in [5.74, 6) is 0.125. The molecule has 1 aromatic carbocycles. The van der Waals surface area contributed by atoms with Gasteiger partial charge in [0.2, 0.25) is 0 Å². The van der Waals surface area contributed by atoms with E-state index in [0.29, 0.717) is 25.7 Å². The van der Waals surface area contributed by atoms with Gasteiger partial charge in [-0.3, -0.25) is 4.79 Å². The van der Waals surface area contributed by atoms with Gasteiger partial charge in [-0.25, -0.2) is 4.39 Å². The maximum Gasteiger partial charge on any atom is 0.160 e. The summed E-state index contributed by atoms with van der Waals surface area (Å²) in [6, 6.07) is 8.24. The Morgan fingerprint density at radius 3 is 2.64 bits per heavy atom. The molecule has 1 aliphatic heterocycles. The van der Waals surface area contributed by atoms with Gasteiger partial charge in [0.15, 0.2) is 5.78 Å². The number of carbonyl (C=O) groups is 1. The third-order valence-electron chi connectivity index (χ3n) is 4.76. The van der Waals surface area contributed by atoms with Crippen LogP contribution in [0.4, 0.5) is 4.39 Å². The van der Waals surface area contributed by atoms with E-state index in [1.807, 2.05) is 12.1 Å². The van der Waals surface area contributed by atoms with Crippen LogP contribution in [0, 0.1) is 5.92 Å². The predicted molar refractivity (Wildman–Crippen MR) is 87.2 cm³/mol. The maximum absolute atomic E-state index is 13.2. The smallest absolute Gasteiger partial charge is 0.160 e. The summed E-state index contributed by atoms with van der Waals surface area (Å²) in [6.07, 6.45) is 4.38. The average molecular weight is 301 g/mol. The number of hydrogen-bond donors (Lipinski definition) is 1. The fourth-order valence-corrected chi connectivity index (χ4v) is 3.60. The quantitative estimate of drug-likeness (QED) is 0.835. The first-order chi connectivity index (χ1) is 10.4. The Labute approximate surface area is 131 Å². The lowest BCUT2D eigenvalue weighted by molar-refractivity contribution is -0.119. The molecule has 1 aliphatic carbocycles. The van der Waals surface area contributed by atoms with Gasteiger partial charge in [0.25, 0.3) is 0 Å². The molecular weight excluding hydrogens is 277 g/mol. The van der Waals surface area contributed by atoms with Gasteiger partial charge in [0.05, 0.1) is 0 Å². The van der Waals surface area contributed by atoms with Gasteiger partial charge < -0.3 is 5.32 Å². The Kier molecular flexibility index (Phi) is 4.07. The Hall–Kier alpha value is -1.64. The van der Waals surface area contributed by atoms with Crippen LogP contribution in [-0.4, -0.2) is 17.5 Å². The summed E-state index contributed by atoms with van der Waals surface area (Å²) in [7, 11) is 0. The Morgan fingerprint density at radius 1 is 1.23 bits per heavy atom. The van der Waals surface area contributed by atoms with Gasteiger partial charge in [-0.1, -0.05) is 24.3 Å². The zero-order valence-corrected chi connectivity index (χ0v) is 13.4. The summed E-state index contributed by atoms with van der Waals surface area (Å²) >= 11 is 0. The highest BCUT2D eigenvalue weighted by Gasteiger charge is 2.29.